The summed E-state index contributed by atoms with van der Waals surface area (Å²) in [4.78, 5) is 5.41. The number of pyridine rings is 1. The molecule has 0 saturated heterocycles. The van der Waals surface area contributed by atoms with Gasteiger partial charge in [-0.1, -0.05) is 29.8 Å². The van der Waals surface area contributed by atoms with Crippen molar-refractivity contribution < 1.29 is 0 Å². The maximum atomic E-state index is 5.80. The van der Waals surface area contributed by atoms with E-state index in [-0.39, 0.29) is 0 Å². The van der Waals surface area contributed by atoms with Crippen molar-refractivity contribution in [3.8, 4) is 0 Å². The molecule has 0 unspecified atom stereocenters. The number of benzene rings is 1. The maximum absolute atomic E-state index is 5.80. The molecule has 0 aliphatic heterocycles. The Hall–Kier alpha value is -1.39. The fourth-order valence-corrected chi connectivity index (χ4v) is 2.41. The van der Waals surface area contributed by atoms with E-state index < -0.39 is 0 Å². The summed E-state index contributed by atoms with van der Waals surface area (Å²) in [5.41, 5.74) is 6.37. The van der Waals surface area contributed by atoms with E-state index in [1.807, 2.05) is 18.2 Å². The van der Waals surface area contributed by atoms with Crippen molar-refractivity contribution in [1.82, 2.24) is 4.98 Å². The smallest absolute Gasteiger partial charge is 0.149 e. The number of nitrogens with two attached hydrogens (primary N) is 1. The van der Waals surface area contributed by atoms with E-state index in [1.165, 1.54) is 4.90 Å². The largest absolute Gasteiger partial charge is 0.396 e. The Morgan fingerprint density at radius 1 is 1.28 bits per heavy atom. The summed E-state index contributed by atoms with van der Waals surface area (Å²) in [6.07, 6.45) is 1.59. The van der Waals surface area contributed by atoms with E-state index in [0.717, 1.165) is 12.3 Å². The monoisotopic (exact) mass is 279 g/mol. The van der Waals surface area contributed by atoms with Gasteiger partial charge < -0.3 is 11.1 Å². The fourth-order valence-electron chi connectivity index (χ4n) is 1.46. The molecule has 5 heteroatoms. The SMILES string of the molecule is Nc1cc(Cl)cnc1NCCSc1ccccc1. The van der Waals surface area contributed by atoms with Gasteiger partial charge in [0.2, 0.25) is 0 Å². The Morgan fingerprint density at radius 2 is 2.06 bits per heavy atom. The van der Waals surface area contributed by atoms with Gasteiger partial charge >= 0.3 is 0 Å². The Balaban J connectivity index is 1.79. The van der Waals surface area contributed by atoms with Crippen molar-refractivity contribution >= 4 is 34.9 Å². The minimum absolute atomic E-state index is 0.553. The zero-order valence-corrected chi connectivity index (χ0v) is 11.3. The summed E-state index contributed by atoms with van der Waals surface area (Å²) in [6, 6.07) is 12.0. The van der Waals surface area contributed by atoms with E-state index in [9.17, 15) is 0 Å². The third-order valence-corrected chi connectivity index (χ3v) is 3.51. The standard InChI is InChI=1S/C13H14ClN3S/c14-10-8-12(15)13(17-9-10)16-6-7-18-11-4-2-1-3-5-11/h1-5,8-9H,6-7,15H2,(H,16,17). The summed E-state index contributed by atoms with van der Waals surface area (Å²) in [7, 11) is 0. The minimum atomic E-state index is 0.553. The molecule has 1 aromatic heterocycles. The normalized spacial score (nSPS) is 10.3. The highest BCUT2D eigenvalue weighted by Gasteiger charge is 2.00. The average molecular weight is 280 g/mol. The first-order chi connectivity index (χ1) is 8.75. The first kappa shape index (κ1) is 13.1. The van der Waals surface area contributed by atoms with Crippen LogP contribution in [0.25, 0.3) is 0 Å². The number of rotatable bonds is 5. The van der Waals surface area contributed by atoms with Gasteiger partial charge in [0.05, 0.1) is 10.7 Å². The third kappa shape index (κ3) is 3.82. The predicted octanol–water partition coefficient (Wildman–Crippen LogP) is 3.52. The van der Waals surface area contributed by atoms with Crippen LogP contribution in [-0.2, 0) is 0 Å². The van der Waals surface area contributed by atoms with Crippen LogP contribution in [0.5, 0.6) is 0 Å². The van der Waals surface area contributed by atoms with Crippen molar-refractivity contribution in [3.63, 3.8) is 0 Å². The van der Waals surface area contributed by atoms with E-state index in [4.69, 9.17) is 17.3 Å². The molecule has 3 N–H and O–H groups in total. The lowest BCUT2D eigenvalue weighted by Crippen LogP contribution is -2.07. The molecule has 2 rings (SSSR count). The molecule has 0 bridgehead atoms. The van der Waals surface area contributed by atoms with Crippen LogP contribution in [0.3, 0.4) is 0 Å². The molecule has 18 heavy (non-hydrogen) atoms. The average Bonchev–Trinajstić information content (AvgIpc) is 2.38. The van der Waals surface area contributed by atoms with Crippen molar-refractivity contribution in [1.29, 1.82) is 0 Å². The Kier molecular flexibility index (Phi) is 4.73. The number of hydrogen-bond acceptors (Lipinski definition) is 4. The van der Waals surface area contributed by atoms with E-state index in [2.05, 4.69) is 22.4 Å². The molecule has 3 nitrogen and oxygen atoms in total. The molecule has 0 spiro atoms. The summed E-state index contributed by atoms with van der Waals surface area (Å²) in [6.45, 7) is 0.804. The minimum Gasteiger partial charge on any atom is -0.396 e. The van der Waals surface area contributed by atoms with Gasteiger partial charge in [0.15, 0.2) is 0 Å². The second kappa shape index (κ2) is 6.52. The second-order valence-corrected chi connectivity index (χ2v) is 5.28. The molecular weight excluding hydrogens is 266 g/mol. The zero-order chi connectivity index (χ0) is 12.8. The molecule has 0 amide bonds. The topological polar surface area (TPSA) is 50.9 Å². The lowest BCUT2D eigenvalue weighted by Gasteiger charge is -2.08. The lowest BCUT2D eigenvalue weighted by atomic mass is 10.4. The number of nitrogen functional groups attached to an aromatic ring is 1. The van der Waals surface area contributed by atoms with E-state index >= 15 is 0 Å². The predicted molar refractivity (Wildman–Crippen MR) is 79.3 cm³/mol. The van der Waals surface area contributed by atoms with Gasteiger partial charge in [-0.05, 0) is 18.2 Å². The molecule has 0 radical (unpaired) electrons. The van der Waals surface area contributed by atoms with Gasteiger partial charge in [0, 0.05) is 23.4 Å². The van der Waals surface area contributed by atoms with Crippen molar-refractivity contribution in [2.24, 2.45) is 0 Å². The quantitative estimate of drug-likeness (QED) is 0.649. The van der Waals surface area contributed by atoms with Crippen molar-refractivity contribution in [2.75, 3.05) is 23.3 Å². The van der Waals surface area contributed by atoms with Gasteiger partial charge in [-0.15, -0.1) is 11.8 Å². The van der Waals surface area contributed by atoms with Crippen molar-refractivity contribution in [2.45, 2.75) is 4.90 Å². The number of halogens is 1. The highest BCUT2D eigenvalue weighted by Crippen LogP contribution is 2.20. The van der Waals surface area contributed by atoms with Crippen LogP contribution in [0.2, 0.25) is 5.02 Å². The highest BCUT2D eigenvalue weighted by atomic mass is 35.5. The first-order valence-corrected chi connectivity index (χ1v) is 6.95. The second-order valence-electron chi connectivity index (χ2n) is 3.68. The lowest BCUT2D eigenvalue weighted by molar-refractivity contribution is 1.17. The molecule has 0 aliphatic rings. The van der Waals surface area contributed by atoms with Crippen molar-refractivity contribution in [3.05, 3.63) is 47.6 Å². The van der Waals surface area contributed by atoms with Gasteiger partial charge in [0.1, 0.15) is 5.82 Å². The van der Waals surface area contributed by atoms with Crippen LogP contribution in [0.15, 0.2) is 47.5 Å². The molecule has 1 heterocycles. The van der Waals surface area contributed by atoms with Crippen LogP contribution in [0.4, 0.5) is 11.5 Å². The number of thioether (sulfide) groups is 1. The molecule has 2 aromatic rings. The molecule has 0 atom stereocenters. The van der Waals surface area contributed by atoms with Crippen LogP contribution >= 0.6 is 23.4 Å². The Labute approximate surface area is 116 Å². The van der Waals surface area contributed by atoms with Gasteiger partial charge in [-0.2, -0.15) is 0 Å². The molecule has 1 aromatic carbocycles. The summed E-state index contributed by atoms with van der Waals surface area (Å²) in [5, 5.41) is 3.75. The number of anilines is 2. The summed E-state index contributed by atoms with van der Waals surface area (Å²) >= 11 is 7.58. The van der Waals surface area contributed by atoms with Crippen LogP contribution in [0, 0.1) is 0 Å². The van der Waals surface area contributed by atoms with Gasteiger partial charge in [-0.25, -0.2) is 4.98 Å². The van der Waals surface area contributed by atoms with Crippen LogP contribution in [0.1, 0.15) is 0 Å². The number of aromatic nitrogens is 1. The first-order valence-electron chi connectivity index (χ1n) is 5.58. The Bertz CT molecular complexity index is 505. The van der Waals surface area contributed by atoms with Crippen LogP contribution < -0.4 is 11.1 Å². The molecule has 0 aliphatic carbocycles. The maximum Gasteiger partial charge on any atom is 0.149 e. The van der Waals surface area contributed by atoms with Gasteiger partial charge in [0.25, 0.3) is 0 Å². The highest BCUT2D eigenvalue weighted by molar-refractivity contribution is 7.99. The number of nitrogens with zero attached hydrogens (tertiary/aromatic N) is 1. The molecular formula is C13H14ClN3S. The van der Waals surface area contributed by atoms with E-state index in [1.54, 1.807) is 24.0 Å². The molecule has 0 saturated carbocycles. The number of hydrogen-bond donors (Lipinski definition) is 2. The zero-order valence-electron chi connectivity index (χ0n) is 9.77. The Morgan fingerprint density at radius 3 is 2.78 bits per heavy atom. The van der Waals surface area contributed by atoms with E-state index in [0.29, 0.717) is 16.5 Å². The molecule has 94 valence electrons. The number of nitrogens with one attached hydrogen (secondary N) is 1. The summed E-state index contributed by atoms with van der Waals surface area (Å²) < 4.78 is 0. The van der Waals surface area contributed by atoms with Crippen LogP contribution in [-0.4, -0.2) is 17.3 Å². The third-order valence-electron chi connectivity index (χ3n) is 2.29. The van der Waals surface area contributed by atoms with Gasteiger partial charge in [-0.3, -0.25) is 0 Å². The molecule has 0 fully saturated rings. The fraction of sp³-hybridized carbons (Fsp3) is 0.154. The summed E-state index contributed by atoms with van der Waals surface area (Å²) in [5.74, 6) is 1.64.